The molecule has 0 aliphatic rings. The summed E-state index contributed by atoms with van der Waals surface area (Å²) in [7, 11) is 1.46. The monoisotopic (exact) mass is 358 g/mol. The van der Waals surface area contributed by atoms with Crippen molar-refractivity contribution >= 4 is 45.1 Å². The molecule has 0 bridgehead atoms. The van der Waals surface area contributed by atoms with Gasteiger partial charge in [0.25, 0.3) is 0 Å². The summed E-state index contributed by atoms with van der Waals surface area (Å²) in [6, 6.07) is 3.81. The van der Waals surface area contributed by atoms with Crippen LogP contribution in [0.1, 0.15) is 5.56 Å². The first-order valence-electron chi connectivity index (χ1n) is 5.53. The third-order valence-electron chi connectivity index (χ3n) is 2.42. The Morgan fingerprint density at radius 2 is 1.95 bits per heavy atom. The predicted octanol–water partition coefficient (Wildman–Crippen LogP) is 2.63. The lowest BCUT2D eigenvalue weighted by molar-refractivity contribution is 0.379. The van der Waals surface area contributed by atoms with Crippen molar-refractivity contribution in [3.05, 3.63) is 27.2 Å². The zero-order valence-electron chi connectivity index (χ0n) is 10.7. The molecule has 0 atom stereocenters. The number of rotatable bonds is 4. The van der Waals surface area contributed by atoms with Crippen molar-refractivity contribution in [3.63, 3.8) is 0 Å². The number of hydrogen-bond acceptors (Lipinski definition) is 7. The molecule has 0 spiro atoms. The Morgan fingerprint density at radius 1 is 1.25 bits per heavy atom. The van der Waals surface area contributed by atoms with Gasteiger partial charge in [0.2, 0.25) is 11.9 Å². The van der Waals surface area contributed by atoms with E-state index in [9.17, 15) is 0 Å². The van der Waals surface area contributed by atoms with Crippen LogP contribution in [0.25, 0.3) is 0 Å². The van der Waals surface area contributed by atoms with E-state index in [-0.39, 0.29) is 17.9 Å². The number of hydrazine groups is 1. The summed E-state index contributed by atoms with van der Waals surface area (Å²) in [6.45, 7) is 1.92. The lowest BCUT2D eigenvalue weighted by Gasteiger charge is -2.10. The second-order valence-corrected chi connectivity index (χ2v) is 5.08. The van der Waals surface area contributed by atoms with Gasteiger partial charge >= 0.3 is 6.01 Å². The molecule has 106 valence electrons. The smallest absolute Gasteiger partial charge is 0.322 e. The maximum absolute atomic E-state index is 6.10. The highest BCUT2D eigenvalue weighted by molar-refractivity contribution is 9.10. The van der Waals surface area contributed by atoms with E-state index >= 15 is 0 Å². The molecule has 0 radical (unpaired) electrons. The van der Waals surface area contributed by atoms with E-state index in [1.807, 2.05) is 13.0 Å². The third-order valence-corrected chi connectivity index (χ3v) is 3.48. The fraction of sp³-hybridized carbons (Fsp3) is 0.182. The van der Waals surface area contributed by atoms with Crippen molar-refractivity contribution in [2.75, 3.05) is 17.9 Å². The van der Waals surface area contributed by atoms with Crippen molar-refractivity contribution in [2.45, 2.75) is 6.92 Å². The number of nitrogen functional groups attached to an aromatic ring is 1. The highest BCUT2D eigenvalue weighted by atomic mass is 79.9. The molecule has 20 heavy (non-hydrogen) atoms. The highest BCUT2D eigenvalue weighted by Gasteiger charge is 2.09. The molecule has 4 N–H and O–H groups in total. The van der Waals surface area contributed by atoms with Crippen LogP contribution in [0.3, 0.4) is 0 Å². The minimum atomic E-state index is 0.143. The van der Waals surface area contributed by atoms with Gasteiger partial charge in [-0.25, -0.2) is 5.84 Å². The molecule has 2 rings (SSSR count). The number of nitrogens with two attached hydrogens (primary N) is 1. The van der Waals surface area contributed by atoms with Gasteiger partial charge in [0, 0.05) is 9.50 Å². The summed E-state index contributed by atoms with van der Waals surface area (Å²) < 4.78 is 5.81. The van der Waals surface area contributed by atoms with Crippen LogP contribution in [0.15, 0.2) is 16.6 Å². The SMILES string of the molecule is COc1nc(NN)nc(Nc2cc(Cl)c(C)cc2Br)n1. The molecule has 0 saturated carbocycles. The molecule has 0 fully saturated rings. The van der Waals surface area contributed by atoms with E-state index in [4.69, 9.17) is 22.2 Å². The summed E-state index contributed by atoms with van der Waals surface area (Å²) >= 11 is 9.54. The minimum absolute atomic E-state index is 0.143. The number of nitrogens with one attached hydrogen (secondary N) is 2. The molecular weight excluding hydrogens is 348 g/mol. The van der Waals surface area contributed by atoms with Crippen molar-refractivity contribution in [3.8, 4) is 6.01 Å². The number of anilines is 3. The van der Waals surface area contributed by atoms with Gasteiger partial charge in [-0.3, -0.25) is 5.43 Å². The first-order chi connectivity index (χ1) is 9.53. The summed E-state index contributed by atoms with van der Waals surface area (Å²) in [6.07, 6.45) is 0. The number of halogens is 2. The Kier molecular flexibility index (Phi) is 4.58. The molecule has 0 amide bonds. The van der Waals surface area contributed by atoms with Gasteiger partial charge in [-0.05, 0) is 40.5 Å². The number of methoxy groups -OCH3 is 1. The zero-order chi connectivity index (χ0) is 14.7. The van der Waals surface area contributed by atoms with Crippen molar-refractivity contribution in [2.24, 2.45) is 5.84 Å². The summed E-state index contributed by atoms with van der Waals surface area (Å²) in [5.74, 6) is 5.76. The highest BCUT2D eigenvalue weighted by Crippen LogP contribution is 2.30. The molecule has 9 heteroatoms. The number of hydrogen-bond donors (Lipinski definition) is 3. The molecule has 1 aromatic heterocycles. The van der Waals surface area contributed by atoms with Gasteiger partial charge in [0.15, 0.2) is 0 Å². The quantitative estimate of drug-likeness (QED) is 0.570. The van der Waals surface area contributed by atoms with Crippen LogP contribution in [0.4, 0.5) is 17.6 Å². The predicted molar refractivity (Wildman–Crippen MR) is 81.4 cm³/mol. The molecular formula is C11H12BrClN6O. The van der Waals surface area contributed by atoms with Crippen LogP contribution in [0.5, 0.6) is 6.01 Å². The van der Waals surface area contributed by atoms with Gasteiger partial charge < -0.3 is 10.1 Å². The first-order valence-corrected chi connectivity index (χ1v) is 6.70. The van der Waals surface area contributed by atoms with E-state index in [2.05, 4.69) is 41.6 Å². The average molecular weight is 360 g/mol. The number of nitrogens with zero attached hydrogens (tertiary/aromatic N) is 3. The lowest BCUT2D eigenvalue weighted by Crippen LogP contribution is -2.13. The van der Waals surface area contributed by atoms with Crippen molar-refractivity contribution in [1.29, 1.82) is 0 Å². The van der Waals surface area contributed by atoms with E-state index in [1.165, 1.54) is 7.11 Å². The lowest BCUT2D eigenvalue weighted by atomic mass is 10.2. The topological polar surface area (TPSA) is 98.0 Å². The van der Waals surface area contributed by atoms with Gasteiger partial charge in [-0.2, -0.15) is 15.0 Å². The Hall–Kier alpha value is -1.64. The molecule has 1 aromatic carbocycles. The van der Waals surface area contributed by atoms with Gasteiger partial charge in [-0.15, -0.1) is 0 Å². The summed E-state index contributed by atoms with van der Waals surface area (Å²) in [5.41, 5.74) is 4.02. The van der Waals surface area contributed by atoms with Crippen LogP contribution in [0.2, 0.25) is 5.02 Å². The molecule has 0 unspecified atom stereocenters. The number of aryl methyl sites for hydroxylation is 1. The number of ether oxygens (including phenoxy) is 1. The van der Waals surface area contributed by atoms with Crippen molar-refractivity contribution < 1.29 is 4.74 Å². The van der Waals surface area contributed by atoms with E-state index < -0.39 is 0 Å². The van der Waals surface area contributed by atoms with Crippen molar-refractivity contribution in [1.82, 2.24) is 15.0 Å². The fourth-order valence-electron chi connectivity index (χ4n) is 1.43. The van der Waals surface area contributed by atoms with Gasteiger partial charge in [0.1, 0.15) is 0 Å². The third kappa shape index (κ3) is 3.27. The second kappa shape index (κ2) is 6.21. The van der Waals surface area contributed by atoms with E-state index in [1.54, 1.807) is 6.07 Å². The summed E-state index contributed by atoms with van der Waals surface area (Å²) in [4.78, 5) is 12.1. The maximum Gasteiger partial charge on any atom is 0.322 e. The van der Waals surface area contributed by atoms with Crippen LogP contribution in [-0.4, -0.2) is 22.1 Å². The maximum atomic E-state index is 6.10. The molecule has 7 nitrogen and oxygen atoms in total. The second-order valence-electron chi connectivity index (χ2n) is 3.82. The molecule has 0 aliphatic carbocycles. The Balaban J connectivity index is 2.36. The Labute approximate surface area is 129 Å². The number of aromatic nitrogens is 3. The van der Waals surface area contributed by atoms with Crippen LogP contribution in [0, 0.1) is 6.92 Å². The van der Waals surface area contributed by atoms with Gasteiger partial charge in [0.05, 0.1) is 12.8 Å². The van der Waals surface area contributed by atoms with E-state index in [0.717, 1.165) is 15.7 Å². The fourth-order valence-corrected chi connectivity index (χ4v) is 2.15. The Bertz CT molecular complexity index is 616. The van der Waals surface area contributed by atoms with Gasteiger partial charge in [-0.1, -0.05) is 11.6 Å². The minimum Gasteiger partial charge on any atom is -0.467 e. The van der Waals surface area contributed by atoms with Crippen LogP contribution in [-0.2, 0) is 0 Å². The first kappa shape index (κ1) is 14.8. The normalized spacial score (nSPS) is 10.2. The average Bonchev–Trinajstić information content (AvgIpc) is 2.44. The number of benzene rings is 1. The molecule has 2 aromatic rings. The largest absolute Gasteiger partial charge is 0.467 e. The summed E-state index contributed by atoms with van der Waals surface area (Å²) in [5, 5.41) is 3.65. The standard InChI is InChI=1S/C11H12BrClN6O/c1-5-3-6(12)8(4-7(5)13)15-9-16-10(19-14)18-11(17-9)20-2/h3-4H,14H2,1-2H3,(H2,15,16,17,18,19). The zero-order valence-corrected chi connectivity index (χ0v) is 13.1. The molecule has 1 heterocycles. The van der Waals surface area contributed by atoms with Crippen LogP contribution >= 0.6 is 27.5 Å². The van der Waals surface area contributed by atoms with Crippen LogP contribution < -0.4 is 21.3 Å². The molecule has 0 aliphatic heterocycles. The molecule has 0 saturated heterocycles. The van der Waals surface area contributed by atoms with E-state index in [0.29, 0.717) is 5.02 Å². The Morgan fingerprint density at radius 3 is 2.60 bits per heavy atom.